The van der Waals surface area contributed by atoms with Gasteiger partial charge in [0.15, 0.2) is 5.84 Å². The van der Waals surface area contributed by atoms with Gasteiger partial charge in [0.25, 0.3) is 0 Å². The molecule has 8 aromatic rings. The molecule has 58 heavy (non-hydrogen) atoms. The van der Waals surface area contributed by atoms with Gasteiger partial charge in [-0.15, -0.1) is 0 Å². The van der Waals surface area contributed by atoms with E-state index in [2.05, 4.69) is 121 Å². The van der Waals surface area contributed by atoms with E-state index in [9.17, 15) is 10.5 Å². The van der Waals surface area contributed by atoms with Crippen LogP contribution in [0.1, 0.15) is 57.7 Å². The Hall–Kier alpha value is -7.66. The number of hydrogen-bond acceptors (Lipinski definition) is 4. The van der Waals surface area contributed by atoms with Crippen molar-refractivity contribution < 1.29 is 0 Å². The van der Waals surface area contributed by atoms with Crippen molar-refractivity contribution in [1.29, 1.82) is 10.5 Å². The molecule has 12 rings (SSSR count). The summed E-state index contributed by atoms with van der Waals surface area (Å²) >= 11 is 0. The Morgan fingerprint density at radius 3 is 2.02 bits per heavy atom. The molecule has 3 aliphatic carbocycles. The van der Waals surface area contributed by atoms with Crippen molar-refractivity contribution in [2.45, 2.75) is 18.8 Å². The van der Waals surface area contributed by atoms with Crippen LogP contribution in [0.2, 0.25) is 0 Å². The summed E-state index contributed by atoms with van der Waals surface area (Å²) in [6.45, 7) is 0. The average molecular weight is 737 g/mol. The van der Waals surface area contributed by atoms with Crippen molar-refractivity contribution in [3.63, 3.8) is 0 Å². The number of nitrogens with zero attached hydrogens (tertiary/aromatic N) is 4. The maximum absolute atomic E-state index is 9.73. The summed E-state index contributed by atoms with van der Waals surface area (Å²) in [5, 5.41) is 32.0. The third-order valence-electron chi connectivity index (χ3n) is 12.7. The lowest BCUT2D eigenvalue weighted by Crippen LogP contribution is -2.27. The zero-order chi connectivity index (χ0) is 38.5. The Labute approximate surface area is 334 Å². The summed E-state index contributed by atoms with van der Waals surface area (Å²) in [5.74, 6) is 0.802. The predicted octanol–water partition coefficient (Wildman–Crippen LogP) is 10.9. The molecule has 0 saturated heterocycles. The highest BCUT2D eigenvalue weighted by atomic mass is 15.0. The quantitative estimate of drug-likeness (QED) is 0.169. The summed E-state index contributed by atoms with van der Waals surface area (Å²) in [4.78, 5) is 10.9. The Kier molecular flexibility index (Phi) is 6.98. The molecule has 2 unspecified atom stereocenters. The molecule has 0 saturated carbocycles. The number of allylic oxidation sites excluding steroid dienone is 6. The highest BCUT2D eigenvalue weighted by Gasteiger charge is 2.35. The molecule has 1 aliphatic heterocycles. The Morgan fingerprint density at radius 1 is 0.586 bits per heavy atom. The zero-order valence-corrected chi connectivity index (χ0v) is 31.4. The van der Waals surface area contributed by atoms with Crippen LogP contribution in [-0.4, -0.2) is 11.5 Å². The second kappa shape index (κ2) is 12.4. The third-order valence-corrected chi connectivity index (χ3v) is 12.7. The molecule has 0 amide bonds. The molecule has 0 spiro atoms. The molecule has 268 valence electrons. The Morgan fingerprint density at radius 2 is 1.24 bits per heavy atom. The van der Waals surface area contributed by atoms with Gasteiger partial charge in [0.05, 0.1) is 34.7 Å². The van der Waals surface area contributed by atoms with Gasteiger partial charge in [-0.3, -0.25) is 0 Å². The lowest BCUT2D eigenvalue weighted by Gasteiger charge is -2.32. The third kappa shape index (κ3) is 4.79. The van der Waals surface area contributed by atoms with Crippen molar-refractivity contribution in [2.75, 3.05) is 0 Å². The maximum Gasteiger partial charge on any atom is 0.159 e. The Bertz CT molecular complexity index is 3490. The predicted molar refractivity (Wildman–Crippen MR) is 237 cm³/mol. The molecule has 0 N–H and O–H groups in total. The van der Waals surface area contributed by atoms with Crippen molar-refractivity contribution in [3.8, 4) is 12.1 Å². The molecule has 4 heteroatoms. The van der Waals surface area contributed by atoms with Crippen LogP contribution >= 0.6 is 0 Å². The van der Waals surface area contributed by atoms with E-state index in [1.54, 1.807) is 0 Å². The summed E-state index contributed by atoms with van der Waals surface area (Å²) in [7, 11) is 0. The first-order chi connectivity index (χ1) is 28.6. The minimum atomic E-state index is -0.167. The number of hydrogen-bond donors (Lipinski definition) is 0. The molecule has 2 atom stereocenters. The number of amidine groups is 1. The van der Waals surface area contributed by atoms with Crippen LogP contribution in [0.5, 0.6) is 0 Å². The number of nitriles is 2. The maximum atomic E-state index is 9.73. The van der Waals surface area contributed by atoms with Crippen LogP contribution < -0.4 is 10.4 Å². The lowest BCUT2D eigenvalue weighted by atomic mass is 9.75. The minimum absolute atomic E-state index is 0.167. The van der Waals surface area contributed by atoms with Crippen LogP contribution in [0.15, 0.2) is 161 Å². The van der Waals surface area contributed by atoms with Gasteiger partial charge in [-0.2, -0.15) is 10.5 Å². The Balaban J connectivity index is 1.17. The van der Waals surface area contributed by atoms with Crippen LogP contribution in [0.4, 0.5) is 0 Å². The first kappa shape index (κ1) is 32.6. The summed E-state index contributed by atoms with van der Waals surface area (Å²) in [6.07, 6.45) is 13.3. The van der Waals surface area contributed by atoms with Crippen LogP contribution in [0, 0.1) is 28.6 Å². The molecule has 4 nitrogen and oxygen atoms in total. The van der Waals surface area contributed by atoms with Crippen molar-refractivity contribution in [3.05, 3.63) is 201 Å². The van der Waals surface area contributed by atoms with Gasteiger partial charge in [-0.1, -0.05) is 115 Å². The van der Waals surface area contributed by atoms with E-state index in [-0.39, 0.29) is 5.92 Å². The molecule has 4 aliphatic rings. The molecule has 0 bridgehead atoms. The van der Waals surface area contributed by atoms with Gasteiger partial charge < -0.3 is 0 Å². The van der Waals surface area contributed by atoms with E-state index in [1.807, 2.05) is 48.5 Å². The molecule has 8 aromatic carbocycles. The van der Waals surface area contributed by atoms with E-state index in [1.165, 1.54) is 70.2 Å². The van der Waals surface area contributed by atoms with Gasteiger partial charge in [0, 0.05) is 23.0 Å². The number of aliphatic imine (C=N–C) groups is 2. The molecule has 0 radical (unpaired) electrons. The molecule has 0 fully saturated rings. The molecule has 1 heterocycles. The second-order valence-corrected chi connectivity index (χ2v) is 15.8. The van der Waals surface area contributed by atoms with Gasteiger partial charge >= 0.3 is 0 Å². The lowest BCUT2D eigenvalue weighted by molar-refractivity contribution is 0.805. The fourth-order valence-corrected chi connectivity index (χ4v) is 10.0. The van der Waals surface area contributed by atoms with Gasteiger partial charge in [0.2, 0.25) is 0 Å². The van der Waals surface area contributed by atoms with Gasteiger partial charge in [0.1, 0.15) is 0 Å². The standard InChI is InChI=1S/C54H32N4/c55-29-31-7-11-39(12-8-31)52-47-28-41(42-23-19-37-17-15-33-3-1-5-35-21-25-44(42)50(37)48(33)35)27-46(53(47)58-54(57-52)40-13-9-32(30-56)10-14-40)43-24-20-38-18-16-34-4-2-6-36-22-26-45(43)51(38)49(34)36/h1-15,17-27,34,47H,16,28H2. The first-order valence-corrected chi connectivity index (χ1v) is 19.9. The highest BCUT2D eigenvalue weighted by Crippen LogP contribution is 2.47. The summed E-state index contributed by atoms with van der Waals surface area (Å²) < 4.78 is 0. The fourth-order valence-electron chi connectivity index (χ4n) is 10.0. The van der Waals surface area contributed by atoms with Crippen molar-refractivity contribution >= 4 is 77.9 Å². The number of rotatable bonds is 4. The largest absolute Gasteiger partial charge is 0.232 e. The monoisotopic (exact) mass is 736 g/mol. The topological polar surface area (TPSA) is 72.3 Å². The zero-order valence-electron chi connectivity index (χ0n) is 31.4. The van der Waals surface area contributed by atoms with Crippen LogP contribution in [-0.2, 0) is 0 Å². The van der Waals surface area contributed by atoms with E-state index >= 15 is 0 Å². The molecule has 0 aromatic heterocycles. The van der Waals surface area contributed by atoms with Crippen molar-refractivity contribution in [2.24, 2.45) is 15.9 Å². The average Bonchev–Trinajstić information content (AvgIpc) is 3.29. The van der Waals surface area contributed by atoms with E-state index in [0.717, 1.165) is 40.1 Å². The van der Waals surface area contributed by atoms with E-state index in [4.69, 9.17) is 9.98 Å². The van der Waals surface area contributed by atoms with Crippen LogP contribution in [0.25, 0.3) is 66.4 Å². The molecular formula is C54H32N4. The summed E-state index contributed by atoms with van der Waals surface area (Å²) in [6, 6.07) is 49.3. The second-order valence-electron chi connectivity index (χ2n) is 15.8. The van der Waals surface area contributed by atoms with E-state index in [0.29, 0.717) is 29.3 Å². The normalized spacial score (nSPS) is 17.9. The SMILES string of the molecule is N#Cc1ccc(C2=NC3=C(c4ccc5c6c7c(ccc46)=CC=CC7CC=5)C=C(c4ccc5ccc6cccc7ccc4c5c67)CC3C(c3ccc(C#N)cc3)=N2)cc1. The highest BCUT2D eigenvalue weighted by molar-refractivity contribution is 6.25. The number of fused-ring (bicyclic) bond motifs is 1. The van der Waals surface area contributed by atoms with E-state index < -0.39 is 0 Å². The van der Waals surface area contributed by atoms with Crippen molar-refractivity contribution in [1.82, 2.24) is 0 Å². The minimum Gasteiger partial charge on any atom is -0.232 e. The number of benzene rings is 8. The van der Waals surface area contributed by atoms with Gasteiger partial charge in [-0.25, -0.2) is 9.98 Å². The summed E-state index contributed by atoms with van der Waals surface area (Å²) in [5.41, 5.74) is 11.0. The molecular weight excluding hydrogens is 705 g/mol. The van der Waals surface area contributed by atoms with Gasteiger partial charge in [-0.05, 0) is 137 Å². The smallest absolute Gasteiger partial charge is 0.159 e. The fraction of sp³-hybridized carbons (Fsp3) is 0.0741. The van der Waals surface area contributed by atoms with Crippen LogP contribution in [0.3, 0.4) is 0 Å². The first-order valence-electron chi connectivity index (χ1n) is 19.9.